The number of anilines is 4. The quantitative estimate of drug-likeness (QED) is 0.148. The van der Waals surface area contributed by atoms with Crippen LogP contribution >= 0.6 is 126 Å². The molecule has 1 saturated heterocycles. The Morgan fingerprint density at radius 3 is 1.69 bits per heavy atom. The van der Waals surface area contributed by atoms with E-state index in [9.17, 15) is 19.5 Å². The fraction of sp³-hybridized carbons (Fsp3) is 0.125. The van der Waals surface area contributed by atoms with Crippen molar-refractivity contribution in [2.75, 3.05) is 47.3 Å². The van der Waals surface area contributed by atoms with Crippen LogP contribution in [-0.2, 0) is 15.4 Å². The van der Waals surface area contributed by atoms with Crippen molar-refractivity contribution in [3.05, 3.63) is 157 Å². The molecule has 308 valence electrons. The first-order valence-electron chi connectivity index (χ1n) is 17.0. The lowest BCUT2D eigenvalue weighted by Gasteiger charge is -2.30. The van der Waals surface area contributed by atoms with E-state index >= 15 is 0 Å². The number of benzene rings is 4. The van der Waals surface area contributed by atoms with Crippen LogP contribution in [-0.4, -0.2) is 55.4 Å². The van der Waals surface area contributed by atoms with E-state index in [1.807, 2.05) is 60.7 Å². The van der Waals surface area contributed by atoms with Gasteiger partial charge < -0.3 is 10.4 Å². The van der Waals surface area contributed by atoms with Crippen molar-refractivity contribution in [3.8, 4) is 0 Å². The third-order valence-electron chi connectivity index (χ3n) is 8.30. The van der Waals surface area contributed by atoms with Gasteiger partial charge in [-0.2, -0.15) is 0 Å². The third kappa shape index (κ3) is 12.9. The van der Waals surface area contributed by atoms with Crippen molar-refractivity contribution in [2.45, 2.75) is 5.72 Å². The van der Waals surface area contributed by atoms with Gasteiger partial charge in [-0.15, -0.1) is 22.7 Å². The van der Waals surface area contributed by atoms with Gasteiger partial charge in [0.1, 0.15) is 6.54 Å². The summed E-state index contributed by atoms with van der Waals surface area (Å²) >= 11 is 31.2. The average molecular weight is 1200 g/mol. The number of β-amino-alcohol motifs (C(OH)–C–C–N with tert-alkyl or cyclic N) is 1. The number of hydrogen-bond donors (Lipinski definition) is 2. The van der Waals surface area contributed by atoms with Gasteiger partial charge in [-0.05, 0) is 137 Å². The summed E-state index contributed by atoms with van der Waals surface area (Å²) < 4.78 is 6.07. The molecule has 1 aliphatic heterocycles. The highest BCUT2D eigenvalue weighted by Gasteiger charge is 2.52. The highest BCUT2D eigenvalue weighted by molar-refractivity contribution is 9.11. The lowest BCUT2D eigenvalue weighted by molar-refractivity contribution is -0.166. The van der Waals surface area contributed by atoms with Gasteiger partial charge in [-0.1, -0.05) is 86.9 Å². The predicted molar refractivity (Wildman–Crippen MR) is 258 cm³/mol. The number of nitrogens with zero attached hydrogens (tertiary/aromatic N) is 4. The maximum Gasteiger partial charge on any atom is 0.331 e. The molecule has 2 aromatic heterocycles. The molecule has 1 aliphatic rings. The molecule has 1 unspecified atom stereocenters. The van der Waals surface area contributed by atoms with Crippen molar-refractivity contribution in [3.63, 3.8) is 0 Å². The summed E-state index contributed by atoms with van der Waals surface area (Å²) in [7, 11) is 2.89. The molecule has 19 heteroatoms. The SMILES string of the molecule is CON(C)C(=O)CN(C(=O)Nc1ccc(Br)cc1)c1ccc(Br)cc1.Clc1ccc(Br)s1.O=C1N(c2ccc(Br)cc2)CC(O)(c2ccc(Cl)s2)N1c1ccc(Br)cc1. The maximum absolute atomic E-state index is 13.3. The Labute approximate surface area is 401 Å². The Bertz CT molecular complexity index is 2340. The molecular formula is C40H32Br5Cl2N5O5S2. The lowest BCUT2D eigenvalue weighted by atomic mass is 10.1. The van der Waals surface area contributed by atoms with E-state index in [1.165, 1.54) is 46.6 Å². The molecule has 1 atom stereocenters. The van der Waals surface area contributed by atoms with Gasteiger partial charge in [-0.3, -0.25) is 24.3 Å². The number of thiophene rings is 2. The minimum absolute atomic E-state index is 0.0976. The fourth-order valence-electron chi connectivity index (χ4n) is 5.35. The zero-order valence-electron chi connectivity index (χ0n) is 30.8. The van der Waals surface area contributed by atoms with Gasteiger partial charge in [0.25, 0.3) is 5.91 Å². The van der Waals surface area contributed by atoms with Gasteiger partial charge in [-0.25, -0.2) is 14.7 Å². The second-order valence-corrected chi connectivity index (χ2v) is 20.7. The summed E-state index contributed by atoms with van der Waals surface area (Å²) in [6.45, 7) is -0.0608. The highest BCUT2D eigenvalue weighted by Crippen LogP contribution is 2.43. The molecule has 3 heterocycles. The second-order valence-electron chi connectivity index (χ2n) is 12.2. The van der Waals surface area contributed by atoms with Crippen molar-refractivity contribution >= 4 is 166 Å². The summed E-state index contributed by atoms with van der Waals surface area (Å²) in [5.41, 5.74) is 1.02. The maximum atomic E-state index is 13.3. The number of hydroxylamine groups is 2. The molecule has 59 heavy (non-hydrogen) atoms. The van der Waals surface area contributed by atoms with Crippen LogP contribution in [0.3, 0.4) is 0 Å². The van der Waals surface area contributed by atoms with Crippen LogP contribution < -0.4 is 20.0 Å². The fourth-order valence-corrected chi connectivity index (χ4v) is 9.22. The molecule has 0 saturated carbocycles. The minimum atomic E-state index is -1.52. The zero-order valence-corrected chi connectivity index (χ0v) is 41.9. The molecule has 1 fully saturated rings. The first kappa shape index (κ1) is 47.2. The normalized spacial score (nSPS) is 14.5. The Kier molecular flexibility index (Phi) is 17.5. The molecule has 0 aliphatic carbocycles. The topological polar surface area (TPSA) is 106 Å². The number of halogens is 7. The molecule has 5 amide bonds. The Morgan fingerprint density at radius 1 is 0.746 bits per heavy atom. The Balaban J connectivity index is 0.000000193. The lowest BCUT2D eigenvalue weighted by Crippen LogP contribution is -2.44. The average Bonchev–Trinajstić information content (AvgIpc) is 3.91. The molecule has 4 aromatic carbocycles. The second kappa shape index (κ2) is 21.8. The summed E-state index contributed by atoms with van der Waals surface area (Å²) in [5, 5.41) is 15.5. The van der Waals surface area contributed by atoms with Crippen molar-refractivity contribution in [1.82, 2.24) is 5.06 Å². The van der Waals surface area contributed by atoms with Crippen molar-refractivity contribution < 1.29 is 24.3 Å². The number of urea groups is 2. The van der Waals surface area contributed by atoms with Gasteiger partial charge in [0.15, 0.2) is 5.72 Å². The van der Waals surface area contributed by atoms with Gasteiger partial charge >= 0.3 is 12.1 Å². The molecule has 0 spiro atoms. The van der Waals surface area contributed by atoms with E-state index in [4.69, 9.17) is 28.0 Å². The Hall–Kier alpha value is -2.81. The third-order valence-corrected chi connectivity index (χ3v) is 13.6. The smallest absolute Gasteiger partial charge is 0.331 e. The van der Waals surface area contributed by atoms with E-state index in [-0.39, 0.29) is 25.0 Å². The largest absolute Gasteiger partial charge is 0.364 e. The van der Waals surface area contributed by atoms with Crippen LogP contribution in [0.1, 0.15) is 4.88 Å². The zero-order chi connectivity index (χ0) is 42.9. The number of carbonyl (C=O) groups is 3. The Morgan fingerprint density at radius 2 is 1.24 bits per heavy atom. The number of likely N-dealkylation sites (N-methyl/N-ethyl adjacent to an activating group) is 1. The summed E-state index contributed by atoms with van der Waals surface area (Å²) in [6, 6.07) is 35.6. The number of nitrogens with one attached hydrogen (secondary N) is 1. The van der Waals surface area contributed by atoms with E-state index in [0.29, 0.717) is 32.0 Å². The predicted octanol–water partition coefficient (Wildman–Crippen LogP) is 13.7. The molecule has 0 radical (unpaired) electrons. The number of hydrogen-bond acceptors (Lipinski definition) is 7. The van der Waals surface area contributed by atoms with Crippen LogP contribution in [0.15, 0.2) is 143 Å². The minimum Gasteiger partial charge on any atom is -0.364 e. The van der Waals surface area contributed by atoms with Crippen LogP contribution in [0.25, 0.3) is 0 Å². The number of aliphatic hydroxyl groups is 1. The van der Waals surface area contributed by atoms with Crippen LogP contribution in [0.2, 0.25) is 8.67 Å². The van der Waals surface area contributed by atoms with E-state index in [2.05, 4.69) is 85.0 Å². The highest BCUT2D eigenvalue weighted by atomic mass is 79.9. The first-order valence-corrected chi connectivity index (χ1v) is 23.4. The molecular weight excluding hydrogens is 1170 g/mol. The van der Waals surface area contributed by atoms with Crippen molar-refractivity contribution in [2.24, 2.45) is 0 Å². The van der Waals surface area contributed by atoms with Gasteiger partial charge in [0.05, 0.1) is 31.0 Å². The van der Waals surface area contributed by atoms with Crippen LogP contribution in [0.4, 0.5) is 32.3 Å². The standard InChI is InChI=1S/C19H13Br2ClN2O2S.C17H17Br2N3O3.C4H2BrClS/c20-12-1-5-14(6-2-12)23-11-19(26,16-9-10-17(22)27-16)24(18(23)25)15-7-3-13(21)4-8-15;1-21(25-2)16(23)11-22(15-9-5-13(19)6-10-15)17(24)20-14-7-3-12(18)4-8-14;5-3-1-2-4(6)7-3/h1-10,26H,11H2;3-10H,11H2,1-2H3,(H,20,24);1-2H. The van der Waals surface area contributed by atoms with Gasteiger partial charge in [0, 0.05) is 47.7 Å². The molecule has 0 bridgehead atoms. The monoisotopic (exact) mass is 1190 g/mol. The van der Waals surface area contributed by atoms with Crippen LogP contribution in [0, 0.1) is 0 Å². The number of carbonyl (C=O) groups excluding carboxylic acids is 3. The van der Waals surface area contributed by atoms with E-state index in [0.717, 1.165) is 31.1 Å². The molecule has 10 nitrogen and oxygen atoms in total. The van der Waals surface area contributed by atoms with E-state index in [1.54, 1.807) is 65.6 Å². The summed E-state index contributed by atoms with van der Waals surface area (Å²) in [6.07, 6.45) is 0. The van der Waals surface area contributed by atoms with E-state index < -0.39 is 11.8 Å². The molecule has 2 N–H and O–H groups in total. The first-order chi connectivity index (χ1) is 28.1. The summed E-state index contributed by atoms with van der Waals surface area (Å²) in [5.74, 6) is -0.351. The molecule has 6 aromatic rings. The van der Waals surface area contributed by atoms with Gasteiger partial charge in [0.2, 0.25) is 0 Å². The van der Waals surface area contributed by atoms with Crippen molar-refractivity contribution in [1.29, 1.82) is 0 Å². The number of rotatable bonds is 8. The summed E-state index contributed by atoms with van der Waals surface area (Å²) in [4.78, 5) is 48.1. The number of amides is 5. The van der Waals surface area contributed by atoms with Crippen LogP contribution in [0.5, 0.6) is 0 Å². The molecule has 7 rings (SSSR count).